The minimum Gasteiger partial charge on any atom is -0.370 e. The molecule has 0 aliphatic carbocycles. The maximum atomic E-state index is 14.0. The topological polar surface area (TPSA) is 58.6 Å². The van der Waals surface area contributed by atoms with Gasteiger partial charge in [0, 0.05) is 29.4 Å². The molecule has 1 atom stereocenters. The first-order valence-corrected chi connectivity index (χ1v) is 11.2. The molecule has 0 radical (unpaired) electrons. The van der Waals surface area contributed by atoms with E-state index in [1.807, 2.05) is 18.3 Å². The third-order valence-corrected chi connectivity index (χ3v) is 6.23. The second-order valence-electron chi connectivity index (χ2n) is 8.21. The lowest BCUT2D eigenvalue weighted by Gasteiger charge is -2.24. The molecule has 3 aromatic rings. The first-order chi connectivity index (χ1) is 15.2. The van der Waals surface area contributed by atoms with E-state index >= 15 is 0 Å². The van der Waals surface area contributed by atoms with Crippen LogP contribution in [0.5, 0.6) is 0 Å². The molecule has 1 aliphatic rings. The highest BCUT2D eigenvalue weighted by atomic mass is 19.1. The number of ether oxygens (including phenoxy) is 1. The van der Waals surface area contributed by atoms with Crippen LogP contribution in [0.4, 0.5) is 4.39 Å². The van der Waals surface area contributed by atoms with Gasteiger partial charge in [-0.25, -0.2) is 4.39 Å². The van der Waals surface area contributed by atoms with E-state index in [-0.39, 0.29) is 24.1 Å². The number of aryl methyl sites for hydroxylation is 1. The first kappa shape index (κ1) is 21.5. The Bertz CT molecular complexity index is 1030. The Morgan fingerprint density at radius 3 is 2.81 bits per heavy atom. The number of quaternary nitrogens is 1. The molecule has 3 N–H and O–H groups in total. The highest BCUT2D eigenvalue weighted by Gasteiger charge is 2.23. The molecule has 5 nitrogen and oxygen atoms in total. The molecule has 1 amide bonds. The summed E-state index contributed by atoms with van der Waals surface area (Å²) in [6.45, 7) is 7.19. The van der Waals surface area contributed by atoms with Crippen LogP contribution in [0.25, 0.3) is 10.9 Å². The maximum Gasteiger partial charge on any atom is 0.221 e. The van der Waals surface area contributed by atoms with Crippen molar-refractivity contribution in [1.82, 2.24) is 10.3 Å². The molecule has 1 fully saturated rings. The van der Waals surface area contributed by atoms with Gasteiger partial charge in [-0.2, -0.15) is 0 Å². The van der Waals surface area contributed by atoms with Crippen LogP contribution in [-0.4, -0.2) is 50.3 Å². The Morgan fingerprint density at radius 2 is 2.03 bits per heavy atom. The number of para-hydroxylation sites is 1. The number of amides is 1. The van der Waals surface area contributed by atoms with E-state index in [0.29, 0.717) is 6.54 Å². The summed E-state index contributed by atoms with van der Waals surface area (Å²) in [4.78, 5) is 17.7. The maximum absolute atomic E-state index is 14.0. The van der Waals surface area contributed by atoms with Crippen LogP contribution < -0.4 is 10.2 Å². The number of morpholine rings is 1. The second-order valence-corrected chi connectivity index (χ2v) is 8.21. The average Bonchev–Trinajstić information content (AvgIpc) is 3.22. The summed E-state index contributed by atoms with van der Waals surface area (Å²) in [5, 5.41) is 4.17. The fourth-order valence-electron chi connectivity index (χ4n) is 4.50. The van der Waals surface area contributed by atoms with E-state index in [0.717, 1.165) is 61.3 Å². The van der Waals surface area contributed by atoms with Gasteiger partial charge >= 0.3 is 0 Å². The van der Waals surface area contributed by atoms with E-state index in [2.05, 4.69) is 29.4 Å². The van der Waals surface area contributed by atoms with Gasteiger partial charge in [-0.3, -0.25) is 4.79 Å². The highest BCUT2D eigenvalue weighted by Crippen LogP contribution is 2.34. The van der Waals surface area contributed by atoms with Gasteiger partial charge in [-0.15, -0.1) is 0 Å². The van der Waals surface area contributed by atoms with Gasteiger partial charge in [-0.1, -0.05) is 37.3 Å². The number of rotatable bonds is 8. The lowest BCUT2D eigenvalue weighted by molar-refractivity contribution is -0.906. The van der Waals surface area contributed by atoms with Crippen LogP contribution in [0.3, 0.4) is 0 Å². The van der Waals surface area contributed by atoms with Crippen LogP contribution in [0.2, 0.25) is 0 Å². The molecule has 0 saturated carbocycles. The van der Waals surface area contributed by atoms with Crippen LogP contribution in [0.15, 0.2) is 48.7 Å². The predicted octanol–water partition coefficient (Wildman–Crippen LogP) is 2.42. The van der Waals surface area contributed by atoms with Gasteiger partial charge in [0.2, 0.25) is 5.91 Å². The number of carbonyl (C=O) groups is 1. The smallest absolute Gasteiger partial charge is 0.221 e. The standard InChI is InChI=1S/C25H30FN3O2/c1-2-18-5-4-8-21-23(17-28-25(18)21)22(19-6-3-7-20(26)15-19)16-24(30)27-9-10-29-11-13-31-14-12-29/h3-8,15,17,22,28H,2,9-14,16H2,1H3,(H,27,30)/p+1/t22-/m0/s1. The van der Waals surface area contributed by atoms with Gasteiger partial charge in [-0.05, 0) is 35.2 Å². The van der Waals surface area contributed by atoms with Crippen molar-refractivity contribution in [2.45, 2.75) is 25.7 Å². The molecule has 0 unspecified atom stereocenters. The van der Waals surface area contributed by atoms with E-state index in [4.69, 9.17) is 4.74 Å². The number of aromatic amines is 1. The summed E-state index contributed by atoms with van der Waals surface area (Å²) in [5.41, 5.74) is 4.18. The summed E-state index contributed by atoms with van der Waals surface area (Å²) in [6, 6.07) is 12.8. The summed E-state index contributed by atoms with van der Waals surface area (Å²) in [7, 11) is 0. The molecule has 2 aromatic carbocycles. The zero-order valence-corrected chi connectivity index (χ0v) is 18.0. The Kier molecular flexibility index (Phi) is 6.99. The molecule has 31 heavy (non-hydrogen) atoms. The van der Waals surface area contributed by atoms with Crippen molar-refractivity contribution in [3.63, 3.8) is 0 Å². The quantitative estimate of drug-likeness (QED) is 0.520. The molecule has 0 bridgehead atoms. The summed E-state index contributed by atoms with van der Waals surface area (Å²) in [5.74, 6) is -0.511. The molecule has 1 aliphatic heterocycles. The van der Waals surface area contributed by atoms with Gasteiger partial charge in [0.1, 0.15) is 18.9 Å². The van der Waals surface area contributed by atoms with E-state index in [1.165, 1.54) is 16.5 Å². The Morgan fingerprint density at radius 1 is 1.23 bits per heavy atom. The minimum atomic E-state index is -0.284. The van der Waals surface area contributed by atoms with Crippen LogP contribution in [-0.2, 0) is 16.0 Å². The number of aromatic nitrogens is 1. The van der Waals surface area contributed by atoms with E-state index in [9.17, 15) is 9.18 Å². The third kappa shape index (κ3) is 5.14. The van der Waals surface area contributed by atoms with Gasteiger partial charge in [0.05, 0.1) is 26.3 Å². The number of nitrogens with one attached hydrogen (secondary N) is 3. The molecular formula is C25H31FN3O2+. The Balaban J connectivity index is 1.53. The van der Waals surface area contributed by atoms with Crippen molar-refractivity contribution in [2.24, 2.45) is 0 Å². The Hall–Kier alpha value is -2.70. The molecule has 0 spiro atoms. The number of hydrogen-bond acceptors (Lipinski definition) is 2. The zero-order chi connectivity index (χ0) is 21.6. The molecule has 1 saturated heterocycles. The van der Waals surface area contributed by atoms with Crippen molar-refractivity contribution in [3.05, 3.63) is 71.2 Å². The number of H-pyrrole nitrogens is 1. The number of benzene rings is 2. The largest absolute Gasteiger partial charge is 0.370 e. The van der Waals surface area contributed by atoms with Crippen LogP contribution >= 0.6 is 0 Å². The number of halogens is 1. The zero-order valence-electron chi connectivity index (χ0n) is 18.0. The first-order valence-electron chi connectivity index (χ1n) is 11.2. The molecule has 1 aromatic heterocycles. The van der Waals surface area contributed by atoms with E-state index in [1.54, 1.807) is 12.1 Å². The average molecular weight is 425 g/mol. The van der Waals surface area contributed by atoms with Crippen LogP contribution in [0.1, 0.15) is 36.0 Å². The molecule has 6 heteroatoms. The third-order valence-electron chi connectivity index (χ3n) is 6.23. The number of carbonyl (C=O) groups excluding carboxylic acids is 1. The molecule has 2 heterocycles. The molecule has 4 rings (SSSR count). The van der Waals surface area contributed by atoms with Crippen LogP contribution in [0, 0.1) is 5.82 Å². The lowest BCUT2D eigenvalue weighted by Crippen LogP contribution is -3.14. The van der Waals surface area contributed by atoms with Gasteiger partial charge in [0.25, 0.3) is 0 Å². The highest BCUT2D eigenvalue weighted by molar-refractivity contribution is 5.88. The SMILES string of the molecule is CCc1cccc2c([C@@H](CC(=O)NCC[NH+]3CCOCC3)c3cccc(F)c3)c[nH]c12. The van der Waals surface area contributed by atoms with Crippen molar-refractivity contribution in [2.75, 3.05) is 39.4 Å². The van der Waals surface area contributed by atoms with Gasteiger partial charge < -0.3 is 19.9 Å². The summed E-state index contributed by atoms with van der Waals surface area (Å²) < 4.78 is 19.4. The summed E-state index contributed by atoms with van der Waals surface area (Å²) in [6.07, 6.45) is 3.18. The monoisotopic (exact) mass is 424 g/mol. The van der Waals surface area contributed by atoms with Crippen molar-refractivity contribution in [1.29, 1.82) is 0 Å². The summed E-state index contributed by atoms with van der Waals surface area (Å²) >= 11 is 0. The Labute approximate surface area is 182 Å². The van der Waals surface area contributed by atoms with E-state index < -0.39 is 0 Å². The van der Waals surface area contributed by atoms with Crippen molar-refractivity contribution >= 4 is 16.8 Å². The number of hydrogen-bond donors (Lipinski definition) is 3. The molecule has 164 valence electrons. The van der Waals surface area contributed by atoms with Crippen molar-refractivity contribution in [3.8, 4) is 0 Å². The number of fused-ring (bicyclic) bond motifs is 1. The van der Waals surface area contributed by atoms with Crippen molar-refractivity contribution < 1.29 is 18.8 Å². The fourth-order valence-corrected chi connectivity index (χ4v) is 4.50. The van der Waals surface area contributed by atoms with Gasteiger partial charge in [0.15, 0.2) is 0 Å². The lowest BCUT2D eigenvalue weighted by atomic mass is 9.87. The minimum absolute atomic E-state index is 0.0112. The normalized spacial score (nSPS) is 15.8. The fraction of sp³-hybridized carbons (Fsp3) is 0.400. The predicted molar refractivity (Wildman–Crippen MR) is 120 cm³/mol. The second kappa shape index (κ2) is 10.1. The molecular weight excluding hydrogens is 393 g/mol.